The van der Waals surface area contributed by atoms with Gasteiger partial charge in [-0.1, -0.05) is 0 Å². The molecule has 0 spiro atoms. The molecule has 0 aliphatic carbocycles. The van der Waals surface area contributed by atoms with Gasteiger partial charge in [0, 0.05) is 43.1 Å². The molecule has 0 amide bonds. The minimum atomic E-state index is 0. The molecule has 1 aliphatic heterocycles. The van der Waals surface area contributed by atoms with Crippen molar-refractivity contribution in [2.75, 3.05) is 20.3 Å². The Morgan fingerprint density at radius 1 is 1.44 bits per heavy atom. The summed E-state index contributed by atoms with van der Waals surface area (Å²) in [6.45, 7) is 4.32. The van der Waals surface area contributed by atoms with E-state index in [1.165, 1.54) is 0 Å². The zero-order valence-electron chi connectivity index (χ0n) is 5.82. The Morgan fingerprint density at radius 2 is 2.11 bits per heavy atom. The molecule has 0 atom stereocenters. The van der Waals surface area contributed by atoms with E-state index in [2.05, 4.69) is 36.2 Å². The first-order valence-corrected chi connectivity index (χ1v) is 2.95. The zero-order valence-corrected chi connectivity index (χ0v) is 6.92. The van der Waals surface area contributed by atoms with Crippen molar-refractivity contribution in [3.05, 3.63) is 12.4 Å². The molecule has 9 heavy (non-hydrogen) atoms. The van der Waals surface area contributed by atoms with Crippen LogP contribution in [0.2, 0.25) is 0 Å². The van der Waals surface area contributed by atoms with E-state index in [1.807, 2.05) is 0 Å². The molecule has 0 radical (unpaired) electrons. The van der Waals surface area contributed by atoms with Crippen LogP contribution in [0.15, 0.2) is 12.4 Å². The Bertz CT molecular complexity index is 103. The molecule has 54 valence electrons. The van der Waals surface area contributed by atoms with Crippen molar-refractivity contribution in [2.45, 2.75) is 6.92 Å². The fourth-order valence-corrected chi connectivity index (χ4v) is 0.794. The summed E-state index contributed by atoms with van der Waals surface area (Å²) in [7, 11) is 2.08. The maximum absolute atomic E-state index is 2.25. The smallest absolute Gasteiger partial charge is 0.0890 e. The fraction of sp³-hybridized carbons (Fsp3) is 0.667. The molecule has 0 bridgehead atoms. The summed E-state index contributed by atoms with van der Waals surface area (Å²) in [6, 6.07) is 0. The van der Waals surface area contributed by atoms with Gasteiger partial charge in [0.25, 0.3) is 0 Å². The van der Waals surface area contributed by atoms with Crippen LogP contribution in [0.4, 0.5) is 0 Å². The van der Waals surface area contributed by atoms with E-state index in [9.17, 15) is 0 Å². The van der Waals surface area contributed by atoms with Crippen molar-refractivity contribution in [3.8, 4) is 0 Å². The third-order valence-corrected chi connectivity index (χ3v) is 1.34. The molecule has 1 aliphatic rings. The molecule has 0 N–H and O–H groups in total. The van der Waals surface area contributed by atoms with Crippen LogP contribution < -0.4 is 0 Å². The Morgan fingerprint density at radius 3 is 2.33 bits per heavy atom. The molecule has 1 rings (SSSR count). The molecule has 0 aromatic rings. The molecule has 0 saturated carbocycles. The van der Waals surface area contributed by atoms with Gasteiger partial charge in [0.1, 0.15) is 0 Å². The number of rotatable bonds is 1. The van der Waals surface area contributed by atoms with Gasteiger partial charge in [0.2, 0.25) is 0 Å². The van der Waals surface area contributed by atoms with Gasteiger partial charge in [-0.05, 0) is 6.92 Å². The molecule has 0 fully saturated rings. The van der Waals surface area contributed by atoms with Crippen molar-refractivity contribution in [2.24, 2.45) is 0 Å². The van der Waals surface area contributed by atoms with E-state index in [1.54, 1.807) is 0 Å². The maximum Gasteiger partial charge on any atom is 0.0890 e. The summed E-state index contributed by atoms with van der Waals surface area (Å²) in [4.78, 5) is 4.41. The molecular formula is C6H12FeN2. The van der Waals surface area contributed by atoms with Gasteiger partial charge in [0.15, 0.2) is 0 Å². The van der Waals surface area contributed by atoms with Crippen LogP contribution in [0.25, 0.3) is 0 Å². The van der Waals surface area contributed by atoms with Crippen molar-refractivity contribution >= 4 is 0 Å². The Labute approximate surface area is 67.0 Å². The second-order valence-corrected chi connectivity index (χ2v) is 2.10. The minimum Gasteiger partial charge on any atom is -0.362 e. The molecule has 0 saturated heterocycles. The fourth-order valence-electron chi connectivity index (χ4n) is 0.794. The molecule has 0 aromatic carbocycles. The SMILES string of the molecule is CCN1C=CN(C)C1.[Fe]. The van der Waals surface area contributed by atoms with E-state index in [0.717, 1.165) is 13.2 Å². The van der Waals surface area contributed by atoms with Gasteiger partial charge < -0.3 is 9.80 Å². The van der Waals surface area contributed by atoms with E-state index >= 15 is 0 Å². The Kier molecular flexibility index (Phi) is 3.74. The largest absolute Gasteiger partial charge is 0.362 e. The first-order valence-electron chi connectivity index (χ1n) is 2.95. The summed E-state index contributed by atoms with van der Waals surface area (Å²) >= 11 is 0. The van der Waals surface area contributed by atoms with Gasteiger partial charge in [-0.3, -0.25) is 0 Å². The second-order valence-electron chi connectivity index (χ2n) is 2.10. The summed E-state index contributed by atoms with van der Waals surface area (Å²) in [5, 5.41) is 0. The van der Waals surface area contributed by atoms with Gasteiger partial charge in [-0.25, -0.2) is 0 Å². The topological polar surface area (TPSA) is 6.48 Å². The monoisotopic (exact) mass is 168 g/mol. The molecule has 0 unspecified atom stereocenters. The third-order valence-electron chi connectivity index (χ3n) is 1.34. The zero-order chi connectivity index (χ0) is 5.98. The number of hydrogen-bond donors (Lipinski definition) is 0. The van der Waals surface area contributed by atoms with Crippen LogP contribution in [0.3, 0.4) is 0 Å². The quantitative estimate of drug-likeness (QED) is 0.531. The maximum atomic E-state index is 2.25. The van der Waals surface area contributed by atoms with Crippen LogP contribution in [0, 0.1) is 0 Å². The van der Waals surface area contributed by atoms with Gasteiger partial charge >= 0.3 is 0 Å². The predicted molar refractivity (Wildman–Crippen MR) is 34.1 cm³/mol. The average molecular weight is 168 g/mol. The van der Waals surface area contributed by atoms with Crippen molar-refractivity contribution in [1.82, 2.24) is 9.80 Å². The van der Waals surface area contributed by atoms with Crippen LogP contribution >= 0.6 is 0 Å². The van der Waals surface area contributed by atoms with E-state index in [-0.39, 0.29) is 17.1 Å². The minimum absolute atomic E-state index is 0. The molecule has 0 aromatic heterocycles. The van der Waals surface area contributed by atoms with Gasteiger partial charge in [0.05, 0.1) is 6.67 Å². The average Bonchev–Trinajstić information content (AvgIpc) is 2.14. The van der Waals surface area contributed by atoms with Crippen molar-refractivity contribution < 1.29 is 17.1 Å². The summed E-state index contributed by atoms with van der Waals surface area (Å²) in [6.07, 6.45) is 4.20. The number of hydrogen-bond acceptors (Lipinski definition) is 2. The molecular weight excluding hydrogens is 156 g/mol. The number of nitrogens with zero attached hydrogens (tertiary/aromatic N) is 2. The van der Waals surface area contributed by atoms with Gasteiger partial charge in [-0.2, -0.15) is 0 Å². The molecule has 2 nitrogen and oxygen atoms in total. The first kappa shape index (κ1) is 8.86. The van der Waals surface area contributed by atoms with E-state index in [0.29, 0.717) is 0 Å². The van der Waals surface area contributed by atoms with Crippen molar-refractivity contribution in [1.29, 1.82) is 0 Å². The second kappa shape index (κ2) is 3.80. The Hall–Kier alpha value is -0.141. The molecule has 3 heteroatoms. The van der Waals surface area contributed by atoms with Crippen LogP contribution in [0.5, 0.6) is 0 Å². The third kappa shape index (κ3) is 2.29. The summed E-state index contributed by atoms with van der Waals surface area (Å²) < 4.78 is 0. The van der Waals surface area contributed by atoms with Crippen molar-refractivity contribution in [3.63, 3.8) is 0 Å². The first-order chi connectivity index (χ1) is 3.83. The van der Waals surface area contributed by atoms with E-state index < -0.39 is 0 Å². The van der Waals surface area contributed by atoms with Crippen LogP contribution in [-0.2, 0) is 17.1 Å². The summed E-state index contributed by atoms with van der Waals surface area (Å²) in [5.41, 5.74) is 0. The van der Waals surface area contributed by atoms with E-state index in [4.69, 9.17) is 0 Å². The van der Waals surface area contributed by atoms with Gasteiger partial charge in [-0.15, -0.1) is 0 Å². The predicted octanol–water partition coefficient (Wildman–Crippen LogP) is 0.680. The normalized spacial score (nSPS) is 16.2. The summed E-state index contributed by atoms with van der Waals surface area (Å²) in [5.74, 6) is 0. The standard InChI is InChI=1S/C6H12N2.Fe/c1-3-8-5-4-7(2)6-8;/h4-5H,3,6H2,1-2H3;. The molecule has 1 heterocycles. The Balaban J connectivity index is 0.000000640. The van der Waals surface area contributed by atoms with Crippen LogP contribution in [-0.4, -0.2) is 30.1 Å². The van der Waals surface area contributed by atoms with Crippen LogP contribution in [0.1, 0.15) is 6.92 Å².